The molecule has 1 aliphatic carbocycles. The van der Waals surface area contributed by atoms with Gasteiger partial charge in [-0.3, -0.25) is 4.79 Å². The van der Waals surface area contributed by atoms with Crippen molar-refractivity contribution >= 4 is 17.1 Å². The van der Waals surface area contributed by atoms with Crippen LogP contribution in [0.5, 0.6) is 0 Å². The monoisotopic (exact) mass is 407 g/mol. The molecule has 1 aromatic heterocycles. The molecule has 0 spiro atoms. The fraction of sp³-hybridized carbons (Fsp3) is 0.167. The molecule has 106 valence electrons. The average molecular weight is 407 g/mol. The van der Waals surface area contributed by atoms with E-state index >= 15 is 0 Å². The Morgan fingerprint density at radius 1 is 1.19 bits per heavy atom. The molecule has 0 amide bonds. The van der Waals surface area contributed by atoms with Gasteiger partial charge in [-0.15, -0.1) is 11.3 Å². The van der Waals surface area contributed by atoms with E-state index in [1.165, 1.54) is 18.5 Å². The molecule has 1 atom stereocenters. The number of halogens is 1. The molecule has 0 saturated carbocycles. The molecule has 0 bridgehead atoms. The van der Waals surface area contributed by atoms with E-state index in [9.17, 15) is 4.79 Å². The maximum atomic E-state index is 12.8. The van der Waals surface area contributed by atoms with Gasteiger partial charge >= 0.3 is 21.2 Å². The summed E-state index contributed by atoms with van der Waals surface area (Å²) < 4.78 is 2.75. The van der Waals surface area contributed by atoms with Crippen molar-refractivity contribution < 1.29 is 26.0 Å². The highest BCUT2D eigenvalue weighted by Crippen LogP contribution is 2.26. The first-order valence-electron chi connectivity index (χ1n) is 6.93. The minimum atomic E-state index is -0.260. The summed E-state index contributed by atoms with van der Waals surface area (Å²) in [5.41, 5.74) is 1.04. The van der Waals surface area contributed by atoms with Gasteiger partial charge in [0.2, 0.25) is 5.78 Å². The molecule has 0 N–H and O–H groups in total. The minimum absolute atomic E-state index is 0.228. The van der Waals surface area contributed by atoms with Crippen LogP contribution in [0.1, 0.15) is 23.0 Å². The lowest BCUT2D eigenvalue weighted by Crippen LogP contribution is -3.61. The first-order valence-corrected chi connectivity index (χ1v) is 9.97. The lowest BCUT2D eigenvalue weighted by Gasteiger charge is -2.14. The number of allylic oxidation sites excluding steroid dienone is 4. The number of rotatable bonds is 4. The second-order valence-corrected chi connectivity index (χ2v) is 8.97. The zero-order chi connectivity index (χ0) is 14.7. The molecule has 1 nitrogen and oxygen atoms in total. The van der Waals surface area contributed by atoms with Crippen molar-refractivity contribution in [2.75, 3.05) is 0 Å². The molecule has 3 rings (SSSR count). The zero-order valence-corrected chi connectivity index (χ0v) is 14.7. The summed E-state index contributed by atoms with van der Waals surface area (Å²) in [6.45, 7) is 2.13. The van der Waals surface area contributed by atoms with E-state index in [1.807, 2.05) is 23.6 Å². The van der Waals surface area contributed by atoms with Gasteiger partial charge in [-0.2, -0.15) is 0 Å². The molecule has 1 aliphatic rings. The van der Waals surface area contributed by atoms with Gasteiger partial charge in [0.15, 0.2) is 7.15 Å². The second kappa shape index (κ2) is 6.71. The molecule has 3 heteroatoms. The summed E-state index contributed by atoms with van der Waals surface area (Å²) in [5, 5.41) is 1.98. The minimum Gasteiger partial charge on any atom is -0.288 e. The van der Waals surface area contributed by atoms with Crippen LogP contribution < -0.4 is 21.2 Å². The van der Waals surface area contributed by atoms with Crippen LogP contribution in [-0.2, 0) is 0 Å². The van der Waals surface area contributed by atoms with Gasteiger partial charge in [-0.05, 0) is 23.6 Å². The number of Topliss-reactive ketones (excluding diaryl/α,β-unsaturated/α-hetero) is 1. The molecule has 21 heavy (non-hydrogen) atoms. The van der Waals surface area contributed by atoms with Crippen molar-refractivity contribution in [2.24, 2.45) is 5.92 Å². The van der Waals surface area contributed by atoms with Crippen molar-refractivity contribution in [3.05, 3.63) is 77.6 Å². The number of ketones is 1. The molecule has 1 heterocycles. The van der Waals surface area contributed by atoms with Gasteiger partial charge in [0.1, 0.15) is 0 Å². The van der Waals surface area contributed by atoms with Crippen molar-refractivity contribution in [1.82, 2.24) is 0 Å². The fourth-order valence-electron chi connectivity index (χ4n) is 2.40. The lowest BCUT2D eigenvalue weighted by atomic mass is 9.91. The number of hydrogen-bond acceptors (Lipinski definition) is 2. The summed E-state index contributed by atoms with van der Waals surface area (Å²) >= 11 is 1.28. The van der Waals surface area contributed by atoms with E-state index in [-0.39, 0.29) is 32.9 Å². The average Bonchev–Trinajstić information content (AvgIpc) is 3.02. The number of thiophene rings is 1. The molecule has 0 fully saturated rings. The third-order valence-electron chi connectivity index (χ3n) is 3.42. The number of hydrogen-bond donors (Lipinski definition) is 0. The highest BCUT2D eigenvalue weighted by atomic mass is 127. The van der Waals surface area contributed by atoms with Crippen LogP contribution in [0.4, 0.5) is 0 Å². The highest BCUT2D eigenvalue weighted by molar-refractivity contribution is 7.12. The van der Waals surface area contributed by atoms with Gasteiger partial charge in [0.05, 0.1) is 10.5 Å². The second-order valence-electron chi connectivity index (χ2n) is 4.94. The van der Waals surface area contributed by atoms with E-state index in [4.69, 9.17) is 0 Å². The molecule has 1 unspecified atom stereocenters. The zero-order valence-electron chi connectivity index (χ0n) is 11.8. The number of benzene rings is 1. The predicted molar refractivity (Wildman–Crippen MR) is 83.7 cm³/mol. The summed E-state index contributed by atoms with van der Waals surface area (Å²) in [6.07, 6.45) is 5.31. The Hall–Kier alpha value is -1.20. The molecule has 2 aromatic rings. The fourth-order valence-corrected chi connectivity index (χ4v) is 6.10. The molecule has 0 aliphatic heterocycles. The normalized spacial score (nSPS) is 18.0. The van der Waals surface area contributed by atoms with Crippen LogP contribution >= 0.6 is 11.3 Å². The number of carbonyl (C=O) groups excluding carboxylic acids is 1. The van der Waals surface area contributed by atoms with Crippen molar-refractivity contribution in [2.45, 2.75) is 13.3 Å². The molecule has 0 radical (unpaired) electrons. The Labute approximate surface area is 139 Å². The Kier molecular flexibility index (Phi) is 4.70. The molecule has 0 saturated heterocycles. The summed E-state index contributed by atoms with van der Waals surface area (Å²) in [7, 11) is 0. The lowest BCUT2D eigenvalue weighted by molar-refractivity contribution is -0.579. The topological polar surface area (TPSA) is 17.1 Å². The SMILES string of the molecule is CC1C=CCC([I+]c2ccccc2)=C1C(=O)c1cccs1. The smallest absolute Gasteiger partial charge is 0.288 e. The Balaban J connectivity index is 1.96. The van der Waals surface area contributed by atoms with Crippen LogP contribution in [-0.4, -0.2) is 5.78 Å². The standard InChI is InChI=1S/C18H16IOS/c1-13-7-5-10-15(19-14-8-3-2-4-9-14)17(13)18(20)16-11-6-12-21-16/h2-9,11-13H,10H2,1H3/q+1. The van der Waals surface area contributed by atoms with Crippen LogP contribution in [0.2, 0.25) is 0 Å². The summed E-state index contributed by atoms with van der Waals surface area (Å²) in [4.78, 5) is 13.7. The van der Waals surface area contributed by atoms with E-state index < -0.39 is 0 Å². The molecular formula is C18H16IOS+. The van der Waals surface area contributed by atoms with Gasteiger partial charge in [0.25, 0.3) is 0 Å². The van der Waals surface area contributed by atoms with Gasteiger partial charge < -0.3 is 0 Å². The maximum Gasteiger partial charge on any atom is 0.353 e. The number of carbonyl (C=O) groups is 1. The third-order valence-corrected chi connectivity index (χ3v) is 7.30. The van der Waals surface area contributed by atoms with Crippen LogP contribution in [0.3, 0.4) is 0 Å². The Morgan fingerprint density at radius 2 is 2.00 bits per heavy atom. The van der Waals surface area contributed by atoms with E-state index in [0.717, 1.165) is 16.9 Å². The summed E-state index contributed by atoms with van der Waals surface area (Å²) in [6, 6.07) is 14.4. The first-order chi connectivity index (χ1) is 10.3. The van der Waals surface area contributed by atoms with E-state index in [0.29, 0.717) is 0 Å². The van der Waals surface area contributed by atoms with Gasteiger partial charge in [-0.1, -0.05) is 43.3 Å². The Morgan fingerprint density at radius 3 is 2.71 bits per heavy atom. The molecule has 1 aromatic carbocycles. The van der Waals surface area contributed by atoms with Crippen LogP contribution in [0.15, 0.2) is 69.1 Å². The largest absolute Gasteiger partial charge is 0.353 e. The summed E-state index contributed by atoms with van der Waals surface area (Å²) in [5.74, 6) is 0.458. The van der Waals surface area contributed by atoms with E-state index in [1.54, 1.807) is 0 Å². The van der Waals surface area contributed by atoms with Crippen LogP contribution in [0, 0.1) is 9.49 Å². The van der Waals surface area contributed by atoms with Gasteiger partial charge in [-0.25, -0.2) is 0 Å². The highest BCUT2D eigenvalue weighted by Gasteiger charge is 2.32. The molecular weight excluding hydrogens is 391 g/mol. The van der Waals surface area contributed by atoms with Crippen molar-refractivity contribution in [3.63, 3.8) is 0 Å². The van der Waals surface area contributed by atoms with Gasteiger partial charge in [0, 0.05) is 12.3 Å². The van der Waals surface area contributed by atoms with E-state index in [2.05, 4.69) is 43.3 Å². The third kappa shape index (κ3) is 3.35. The maximum absolute atomic E-state index is 12.8. The first kappa shape index (κ1) is 14.7. The quantitative estimate of drug-likeness (QED) is 0.429. The predicted octanol–water partition coefficient (Wildman–Crippen LogP) is 1.74. The Bertz CT molecular complexity index is 683. The van der Waals surface area contributed by atoms with Crippen molar-refractivity contribution in [1.29, 1.82) is 0 Å². The van der Waals surface area contributed by atoms with Crippen molar-refractivity contribution in [3.8, 4) is 0 Å². The van der Waals surface area contributed by atoms with Crippen LogP contribution in [0.25, 0.3) is 0 Å².